The molecule has 1 N–H and O–H groups in total. The van der Waals surface area contributed by atoms with E-state index in [1.807, 2.05) is 27.8 Å². The van der Waals surface area contributed by atoms with Gasteiger partial charge in [0.2, 0.25) is 11.8 Å². The van der Waals surface area contributed by atoms with Crippen LogP contribution in [0.5, 0.6) is 0 Å². The van der Waals surface area contributed by atoms with Gasteiger partial charge in [-0.15, -0.1) is 0 Å². The molecule has 150 valence electrons. The summed E-state index contributed by atoms with van der Waals surface area (Å²) in [5, 5.41) is 7.88. The number of nitrogens with one attached hydrogen (secondary N) is 1. The van der Waals surface area contributed by atoms with Gasteiger partial charge in [0.15, 0.2) is 0 Å². The van der Waals surface area contributed by atoms with E-state index in [1.165, 1.54) is 11.0 Å². The molecule has 0 bridgehead atoms. The van der Waals surface area contributed by atoms with Crippen molar-refractivity contribution in [1.82, 2.24) is 14.7 Å². The molecule has 0 spiro atoms. The van der Waals surface area contributed by atoms with Gasteiger partial charge in [0, 0.05) is 35.9 Å². The summed E-state index contributed by atoms with van der Waals surface area (Å²) in [7, 11) is 1.86. The lowest BCUT2D eigenvalue weighted by Crippen LogP contribution is -2.37. The van der Waals surface area contributed by atoms with E-state index in [9.17, 15) is 9.59 Å². The van der Waals surface area contributed by atoms with Gasteiger partial charge in [-0.1, -0.05) is 30.1 Å². The lowest BCUT2D eigenvalue weighted by Gasteiger charge is -2.20. The summed E-state index contributed by atoms with van der Waals surface area (Å²) < 4.78 is 1.77. The first kappa shape index (κ1) is 22.0. The third-order valence-electron chi connectivity index (χ3n) is 4.30. The normalized spacial score (nSPS) is 11.1. The van der Waals surface area contributed by atoms with E-state index in [0.29, 0.717) is 22.3 Å². The second-order valence-corrected chi connectivity index (χ2v) is 7.32. The van der Waals surface area contributed by atoms with E-state index < -0.39 is 0 Å². The largest absolute Gasteiger partial charge is 0.330 e. The minimum atomic E-state index is -0.326. The second kappa shape index (κ2) is 9.75. The van der Waals surface area contributed by atoms with Crippen LogP contribution in [-0.2, 0) is 16.6 Å². The molecular weight excluding hydrogens is 399 g/mol. The molecule has 2 aromatic rings. The highest BCUT2D eigenvalue weighted by Gasteiger charge is 2.16. The zero-order chi connectivity index (χ0) is 20.8. The fourth-order valence-corrected chi connectivity index (χ4v) is 3.24. The SMILES string of the molecule is CCCN(CC(=O)Nc1ccc(Cl)cc1Cl)C(=O)C=Cc1c(C)nn(C)c1C. The standard InChI is InChI=1S/C20H24Cl2N4O2/c1-5-10-26(12-19(27)23-18-8-6-15(21)11-17(18)22)20(28)9-7-16-13(2)24-25(4)14(16)3/h6-9,11H,5,10,12H2,1-4H3,(H,23,27). The number of benzene rings is 1. The van der Waals surface area contributed by atoms with Crippen molar-refractivity contribution in [2.75, 3.05) is 18.4 Å². The van der Waals surface area contributed by atoms with Crippen LogP contribution in [0.3, 0.4) is 0 Å². The molecule has 0 atom stereocenters. The number of aryl methyl sites for hydroxylation is 2. The average molecular weight is 423 g/mol. The molecule has 1 aromatic heterocycles. The van der Waals surface area contributed by atoms with Crippen LogP contribution in [0.1, 0.15) is 30.3 Å². The minimum Gasteiger partial charge on any atom is -0.330 e. The lowest BCUT2D eigenvalue weighted by molar-refractivity contribution is -0.130. The van der Waals surface area contributed by atoms with E-state index in [2.05, 4.69) is 10.4 Å². The molecule has 0 saturated carbocycles. The third-order valence-corrected chi connectivity index (χ3v) is 4.85. The van der Waals surface area contributed by atoms with Gasteiger partial charge in [0.05, 0.1) is 16.4 Å². The molecule has 28 heavy (non-hydrogen) atoms. The number of carbonyl (C=O) groups excluding carboxylic acids is 2. The molecule has 0 aliphatic carbocycles. The highest BCUT2D eigenvalue weighted by molar-refractivity contribution is 6.36. The van der Waals surface area contributed by atoms with Crippen molar-refractivity contribution in [2.45, 2.75) is 27.2 Å². The number of amides is 2. The van der Waals surface area contributed by atoms with Crippen molar-refractivity contribution in [3.63, 3.8) is 0 Å². The maximum Gasteiger partial charge on any atom is 0.247 e. The molecule has 0 aliphatic heterocycles. The molecule has 1 aromatic carbocycles. The van der Waals surface area contributed by atoms with Gasteiger partial charge in [0.1, 0.15) is 6.54 Å². The Bertz CT molecular complexity index is 906. The zero-order valence-corrected chi connectivity index (χ0v) is 17.9. The van der Waals surface area contributed by atoms with E-state index >= 15 is 0 Å². The molecule has 0 saturated heterocycles. The Morgan fingerprint density at radius 1 is 1.29 bits per heavy atom. The Kier molecular flexibility index (Phi) is 7.66. The molecule has 8 heteroatoms. The number of halogens is 2. The summed E-state index contributed by atoms with van der Waals surface area (Å²) in [4.78, 5) is 26.5. The molecule has 6 nitrogen and oxygen atoms in total. The minimum absolute atomic E-state index is 0.0685. The van der Waals surface area contributed by atoms with Crippen LogP contribution < -0.4 is 5.32 Å². The summed E-state index contributed by atoms with van der Waals surface area (Å²) in [6.07, 6.45) is 3.96. The fraction of sp³-hybridized carbons (Fsp3) is 0.350. The van der Waals surface area contributed by atoms with E-state index in [-0.39, 0.29) is 18.4 Å². The highest BCUT2D eigenvalue weighted by atomic mass is 35.5. The Hall–Kier alpha value is -2.31. The Labute approximate surface area is 175 Å². The van der Waals surface area contributed by atoms with Gasteiger partial charge in [-0.3, -0.25) is 14.3 Å². The number of nitrogens with zero attached hydrogens (tertiary/aromatic N) is 3. The van der Waals surface area contributed by atoms with Crippen molar-refractivity contribution in [2.24, 2.45) is 7.05 Å². The van der Waals surface area contributed by atoms with Crippen LogP contribution in [0.2, 0.25) is 10.0 Å². The Morgan fingerprint density at radius 2 is 2.00 bits per heavy atom. The van der Waals surface area contributed by atoms with Crippen LogP contribution in [0.4, 0.5) is 5.69 Å². The zero-order valence-electron chi connectivity index (χ0n) is 16.4. The number of hydrogen-bond acceptors (Lipinski definition) is 3. The summed E-state index contributed by atoms with van der Waals surface area (Å²) in [6.45, 7) is 6.19. The van der Waals surface area contributed by atoms with Crippen LogP contribution in [0.25, 0.3) is 6.08 Å². The Balaban J connectivity index is 2.07. The predicted molar refractivity (Wildman–Crippen MR) is 114 cm³/mol. The fourth-order valence-electron chi connectivity index (χ4n) is 2.78. The first-order valence-corrected chi connectivity index (χ1v) is 9.70. The van der Waals surface area contributed by atoms with Gasteiger partial charge in [-0.2, -0.15) is 5.10 Å². The van der Waals surface area contributed by atoms with E-state index in [0.717, 1.165) is 23.4 Å². The lowest BCUT2D eigenvalue weighted by atomic mass is 10.2. The summed E-state index contributed by atoms with van der Waals surface area (Å²) in [5.41, 5.74) is 3.18. The average Bonchev–Trinajstić information content (AvgIpc) is 2.87. The summed E-state index contributed by atoms with van der Waals surface area (Å²) in [5.74, 6) is -0.560. The molecule has 2 amide bonds. The quantitative estimate of drug-likeness (QED) is 0.678. The van der Waals surface area contributed by atoms with Gasteiger partial charge in [-0.05, 0) is 44.5 Å². The molecular formula is C20H24Cl2N4O2. The van der Waals surface area contributed by atoms with Crippen molar-refractivity contribution in [1.29, 1.82) is 0 Å². The van der Waals surface area contributed by atoms with Gasteiger partial charge >= 0.3 is 0 Å². The van der Waals surface area contributed by atoms with E-state index in [1.54, 1.807) is 29.0 Å². The third kappa shape index (κ3) is 5.59. The van der Waals surface area contributed by atoms with Crippen LogP contribution in [-0.4, -0.2) is 39.6 Å². The van der Waals surface area contributed by atoms with Gasteiger partial charge < -0.3 is 10.2 Å². The topological polar surface area (TPSA) is 67.2 Å². The van der Waals surface area contributed by atoms with Gasteiger partial charge in [0.25, 0.3) is 0 Å². The first-order chi connectivity index (χ1) is 13.2. The number of aromatic nitrogens is 2. The number of carbonyl (C=O) groups is 2. The molecule has 2 rings (SSSR count). The highest BCUT2D eigenvalue weighted by Crippen LogP contribution is 2.25. The first-order valence-electron chi connectivity index (χ1n) is 8.95. The number of hydrogen-bond donors (Lipinski definition) is 1. The Morgan fingerprint density at radius 3 is 2.57 bits per heavy atom. The maximum atomic E-state index is 12.6. The van der Waals surface area contributed by atoms with E-state index in [4.69, 9.17) is 23.2 Å². The molecule has 0 fully saturated rings. The van der Waals surface area contributed by atoms with Crippen LogP contribution >= 0.6 is 23.2 Å². The number of anilines is 1. The van der Waals surface area contributed by atoms with Crippen molar-refractivity contribution < 1.29 is 9.59 Å². The monoisotopic (exact) mass is 422 g/mol. The van der Waals surface area contributed by atoms with Crippen molar-refractivity contribution >= 4 is 46.8 Å². The second-order valence-electron chi connectivity index (χ2n) is 6.47. The summed E-state index contributed by atoms with van der Waals surface area (Å²) in [6, 6.07) is 4.82. The van der Waals surface area contributed by atoms with Crippen LogP contribution in [0.15, 0.2) is 24.3 Å². The molecule has 1 heterocycles. The van der Waals surface area contributed by atoms with Crippen molar-refractivity contribution in [3.05, 3.63) is 51.3 Å². The van der Waals surface area contributed by atoms with Gasteiger partial charge in [-0.25, -0.2) is 0 Å². The van der Waals surface area contributed by atoms with Crippen molar-refractivity contribution in [3.8, 4) is 0 Å². The molecule has 0 aliphatic rings. The maximum absolute atomic E-state index is 12.6. The molecule has 0 unspecified atom stereocenters. The molecule has 0 radical (unpaired) electrons. The van der Waals surface area contributed by atoms with Crippen LogP contribution in [0, 0.1) is 13.8 Å². The number of rotatable bonds is 7. The summed E-state index contributed by atoms with van der Waals surface area (Å²) >= 11 is 12.0. The smallest absolute Gasteiger partial charge is 0.247 e. The predicted octanol–water partition coefficient (Wildman–Crippen LogP) is 4.23.